The van der Waals surface area contributed by atoms with Gasteiger partial charge in [0.1, 0.15) is 0 Å². The highest BCUT2D eigenvalue weighted by molar-refractivity contribution is 4.80. The molecule has 9 heavy (non-hydrogen) atoms. The molecule has 0 unspecified atom stereocenters. The summed E-state index contributed by atoms with van der Waals surface area (Å²) in [5, 5.41) is 8.25. The fraction of sp³-hybridized carbons (Fsp3) is 0.167. The molecule has 1 aromatic heterocycles. The molecule has 0 radical (unpaired) electrons. The zero-order valence-electron chi connectivity index (χ0n) is 4.94. The average molecular weight is 124 g/mol. The Balaban J connectivity index is 2.48. The van der Waals surface area contributed by atoms with Gasteiger partial charge in [0, 0.05) is 18.9 Å². The highest BCUT2D eigenvalue weighted by atomic mass is 16.2. The quantitative estimate of drug-likeness (QED) is 0.596. The lowest BCUT2D eigenvalue weighted by Gasteiger charge is -1.90. The van der Waals surface area contributed by atoms with Crippen molar-refractivity contribution >= 4 is 0 Å². The van der Waals surface area contributed by atoms with Crippen molar-refractivity contribution in [2.45, 2.75) is 6.54 Å². The van der Waals surface area contributed by atoms with E-state index in [1.807, 2.05) is 10.8 Å². The van der Waals surface area contributed by atoms with Crippen molar-refractivity contribution in [3.05, 3.63) is 31.1 Å². The molecular weight excluding hydrogens is 116 g/mol. The molecular formula is C6H8N2O. The van der Waals surface area contributed by atoms with Gasteiger partial charge in [-0.1, -0.05) is 0 Å². The van der Waals surface area contributed by atoms with Crippen LogP contribution in [-0.4, -0.2) is 14.7 Å². The number of hydrogen-bond acceptors (Lipinski definition) is 2. The van der Waals surface area contributed by atoms with Gasteiger partial charge in [-0.2, -0.15) is 0 Å². The Hall–Kier alpha value is -1.25. The molecule has 0 aromatic carbocycles. The van der Waals surface area contributed by atoms with Crippen molar-refractivity contribution in [2.24, 2.45) is 0 Å². The number of nitrogens with zero attached hydrogens (tertiary/aromatic N) is 2. The Bertz CT molecular complexity index is 179. The van der Waals surface area contributed by atoms with Crippen LogP contribution < -0.4 is 0 Å². The highest BCUT2D eigenvalue weighted by Crippen LogP contribution is 1.84. The van der Waals surface area contributed by atoms with Crippen molar-refractivity contribution in [1.29, 1.82) is 0 Å². The molecule has 0 aliphatic heterocycles. The number of rotatable bonds is 2. The van der Waals surface area contributed by atoms with E-state index >= 15 is 0 Å². The van der Waals surface area contributed by atoms with Gasteiger partial charge in [-0.25, -0.2) is 4.98 Å². The van der Waals surface area contributed by atoms with E-state index < -0.39 is 0 Å². The molecule has 0 fully saturated rings. The van der Waals surface area contributed by atoms with E-state index in [1.54, 1.807) is 18.6 Å². The monoisotopic (exact) mass is 124 g/mol. The van der Waals surface area contributed by atoms with Gasteiger partial charge in [-0.05, 0) is 6.08 Å². The molecule has 0 aliphatic carbocycles. The van der Waals surface area contributed by atoms with E-state index in [2.05, 4.69) is 4.98 Å². The van der Waals surface area contributed by atoms with Crippen LogP contribution in [0, 0.1) is 0 Å². The summed E-state index contributed by atoms with van der Waals surface area (Å²) in [5.41, 5.74) is 0. The van der Waals surface area contributed by atoms with E-state index in [4.69, 9.17) is 5.11 Å². The van der Waals surface area contributed by atoms with Gasteiger partial charge in [0.25, 0.3) is 0 Å². The van der Waals surface area contributed by atoms with E-state index in [9.17, 15) is 0 Å². The van der Waals surface area contributed by atoms with Crippen molar-refractivity contribution < 1.29 is 5.11 Å². The number of aliphatic hydroxyl groups is 1. The van der Waals surface area contributed by atoms with Crippen molar-refractivity contribution in [1.82, 2.24) is 9.55 Å². The summed E-state index contributed by atoms with van der Waals surface area (Å²) >= 11 is 0. The van der Waals surface area contributed by atoms with Gasteiger partial charge in [0.05, 0.1) is 12.6 Å². The molecule has 0 aliphatic rings. The summed E-state index contributed by atoms with van der Waals surface area (Å²) in [7, 11) is 0. The second-order valence-electron chi connectivity index (χ2n) is 1.64. The predicted molar refractivity (Wildman–Crippen MR) is 34.0 cm³/mol. The molecule has 3 nitrogen and oxygen atoms in total. The van der Waals surface area contributed by atoms with Crippen molar-refractivity contribution in [3.63, 3.8) is 0 Å². The summed E-state index contributed by atoms with van der Waals surface area (Å²) < 4.78 is 1.85. The van der Waals surface area contributed by atoms with Gasteiger partial charge in [0.15, 0.2) is 0 Å². The lowest BCUT2D eigenvalue weighted by Crippen LogP contribution is -1.88. The summed E-state index contributed by atoms with van der Waals surface area (Å²) in [4.78, 5) is 3.82. The summed E-state index contributed by atoms with van der Waals surface area (Å²) in [5.74, 6) is 0. The molecule has 1 rings (SSSR count). The third-order valence-electron chi connectivity index (χ3n) is 0.981. The fourth-order valence-electron chi connectivity index (χ4n) is 0.564. The first kappa shape index (κ1) is 5.88. The minimum atomic E-state index is 0.677. The van der Waals surface area contributed by atoms with Crippen molar-refractivity contribution in [3.8, 4) is 0 Å². The van der Waals surface area contributed by atoms with Crippen LogP contribution >= 0.6 is 0 Å². The summed E-state index contributed by atoms with van der Waals surface area (Å²) in [6.45, 7) is 0.677. The lowest BCUT2D eigenvalue weighted by molar-refractivity contribution is 0.469. The molecule has 48 valence electrons. The average Bonchev–Trinajstić information content (AvgIpc) is 2.34. The summed E-state index contributed by atoms with van der Waals surface area (Å²) in [6.07, 6.45) is 7.90. The Labute approximate surface area is 53.3 Å². The van der Waals surface area contributed by atoms with Crippen LogP contribution in [0.15, 0.2) is 31.1 Å². The van der Waals surface area contributed by atoms with Gasteiger partial charge in [-0.15, -0.1) is 0 Å². The Morgan fingerprint density at radius 1 is 1.67 bits per heavy atom. The molecule has 0 bridgehead atoms. The number of hydrogen-bond donors (Lipinski definition) is 1. The van der Waals surface area contributed by atoms with E-state index in [-0.39, 0.29) is 0 Å². The number of allylic oxidation sites excluding steroid dienone is 1. The third-order valence-corrected chi connectivity index (χ3v) is 0.981. The third kappa shape index (κ3) is 1.60. The fourth-order valence-corrected chi connectivity index (χ4v) is 0.564. The first-order valence-corrected chi connectivity index (χ1v) is 2.68. The van der Waals surface area contributed by atoms with Crippen LogP contribution in [0.25, 0.3) is 0 Å². The van der Waals surface area contributed by atoms with Gasteiger partial charge in [0.2, 0.25) is 0 Å². The molecule has 0 saturated carbocycles. The summed E-state index contributed by atoms with van der Waals surface area (Å²) in [6, 6.07) is 0. The highest BCUT2D eigenvalue weighted by Gasteiger charge is 1.80. The maximum absolute atomic E-state index is 8.25. The molecule has 3 heteroatoms. The van der Waals surface area contributed by atoms with Gasteiger partial charge < -0.3 is 9.67 Å². The molecule has 1 heterocycles. The first-order valence-electron chi connectivity index (χ1n) is 2.68. The van der Waals surface area contributed by atoms with Crippen LogP contribution in [0.5, 0.6) is 0 Å². The number of imidazole rings is 1. The van der Waals surface area contributed by atoms with Crippen LogP contribution in [0.2, 0.25) is 0 Å². The largest absolute Gasteiger partial charge is 0.516 e. The van der Waals surface area contributed by atoms with Gasteiger partial charge >= 0.3 is 0 Å². The number of aliphatic hydroxyl groups excluding tert-OH is 1. The minimum absolute atomic E-state index is 0.677. The number of aromatic nitrogens is 2. The Morgan fingerprint density at radius 2 is 2.56 bits per heavy atom. The van der Waals surface area contributed by atoms with E-state index in [0.717, 1.165) is 6.26 Å². The minimum Gasteiger partial charge on any atom is -0.516 e. The SMILES string of the molecule is OC=CCn1ccnc1. The lowest BCUT2D eigenvalue weighted by atomic mass is 10.6. The normalized spacial score (nSPS) is 10.7. The zero-order valence-corrected chi connectivity index (χ0v) is 4.94. The van der Waals surface area contributed by atoms with Crippen LogP contribution in [0.4, 0.5) is 0 Å². The Kier molecular flexibility index (Phi) is 1.90. The van der Waals surface area contributed by atoms with Crippen molar-refractivity contribution in [2.75, 3.05) is 0 Å². The molecule has 0 atom stereocenters. The van der Waals surface area contributed by atoms with Crippen LogP contribution in [0.1, 0.15) is 0 Å². The zero-order chi connectivity index (χ0) is 6.53. The van der Waals surface area contributed by atoms with Crippen LogP contribution in [-0.2, 0) is 6.54 Å². The standard InChI is InChI=1S/C6H8N2O/c9-5-1-3-8-4-2-7-6-8/h1-2,4-6,9H,3H2. The second kappa shape index (κ2) is 2.91. The molecule has 0 saturated heterocycles. The topological polar surface area (TPSA) is 38.0 Å². The van der Waals surface area contributed by atoms with E-state index in [1.165, 1.54) is 0 Å². The van der Waals surface area contributed by atoms with E-state index in [0.29, 0.717) is 6.54 Å². The maximum Gasteiger partial charge on any atom is 0.0948 e. The molecule has 0 spiro atoms. The maximum atomic E-state index is 8.25. The molecule has 0 amide bonds. The molecule has 1 aromatic rings. The second-order valence-corrected chi connectivity index (χ2v) is 1.64. The predicted octanol–water partition coefficient (Wildman–Crippen LogP) is 0.955. The first-order chi connectivity index (χ1) is 4.43. The smallest absolute Gasteiger partial charge is 0.0948 e. The molecule has 1 N–H and O–H groups in total. The van der Waals surface area contributed by atoms with Crippen LogP contribution in [0.3, 0.4) is 0 Å². The van der Waals surface area contributed by atoms with Gasteiger partial charge in [-0.3, -0.25) is 0 Å². The Morgan fingerprint density at radius 3 is 3.11 bits per heavy atom.